The molecule has 2 fully saturated rings. The van der Waals surface area contributed by atoms with Crippen LogP contribution in [0.3, 0.4) is 0 Å². The van der Waals surface area contributed by atoms with Gasteiger partial charge in [0.25, 0.3) is 0 Å². The van der Waals surface area contributed by atoms with Crippen molar-refractivity contribution in [2.75, 3.05) is 5.32 Å². The molecule has 3 rings (SSSR count). The summed E-state index contributed by atoms with van der Waals surface area (Å²) in [7, 11) is 0. The van der Waals surface area contributed by atoms with Crippen molar-refractivity contribution in [3.8, 4) is 0 Å². The molecule has 2 aliphatic heterocycles. The summed E-state index contributed by atoms with van der Waals surface area (Å²) in [6.07, 6.45) is 5.01. The first-order valence-corrected chi connectivity index (χ1v) is 7.12. The molecule has 96 valence electrons. The first-order chi connectivity index (χ1) is 8.63. The number of hydrogen-bond acceptors (Lipinski definition) is 3. The van der Waals surface area contributed by atoms with Crippen LogP contribution in [0.5, 0.6) is 0 Å². The standard InChI is InChI=1S/C13H16BrN3O/c1-7-4-8(14)6-15-12(7)17-13(18)10-5-9-2-3-11(10)16-9/h4,6,9-11,16H,2-3,5H2,1H3,(H,15,17,18). The smallest absolute Gasteiger partial charge is 0.230 e. The zero-order valence-corrected chi connectivity index (χ0v) is 11.8. The lowest BCUT2D eigenvalue weighted by molar-refractivity contribution is -0.120. The molecule has 0 saturated carbocycles. The fourth-order valence-electron chi connectivity index (χ4n) is 2.99. The summed E-state index contributed by atoms with van der Waals surface area (Å²) in [5.74, 6) is 0.882. The Labute approximate surface area is 115 Å². The van der Waals surface area contributed by atoms with Crippen LogP contribution in [-0.2, 0) is 4.79 Å². The van der Waals surface area contributed by atoms with Crippen molar-refractivity contribution in [3.63, 3.8) is 0 Å². The van der Waals surface area contributed by atoms with E-state index in [0.717, 1.165) is 22.9 Å². The Morgan fingerprint density at radius 3 is 3.00 bits per heavy atom. The van der Waals surface area contributed by atoms with Gasteiger partial charge in [0.15, 0.2) is 0 Å². The second-order valence-corrected chi connectivity index (χ2v) is 6.11. The Morgan fingerprint density at radius 1 is 1.56 bits per heavy atom. The molecule has 0 aromatic carbocycles. The van der Waals surface area contributed by atoms with Gasteiger partial charge in [0.1, 0.15) is 5.82 Å². The number of carbonyl (C=O) groups is 1. The van der Waals surface area contributed by atoms with Crippen LogP contribution in [0.4, 0.5) is 5.82 Å². The molecular formula is C13H16BrN3O. The molecule has 3 unspecified atom stereocenters. The topological polar surface area (TPSA) is 54.0 Å². The predicted molar refractivity (Wildman–Crippen MR) is 73.4 cm³/mol. The Hall–Kier alpha value is -0.940. The van der Waals surface area contributed by atoms with Gasteiger partial charge in [-0.15, -0.1) is 0 Å². The van der Waals surface area contributed by atoms with Gasteiger partial charge in [-0.25, -0.2) is 4.98 Å². The number of amides is 1. The average Bonchev–Trinajstić information content (AvgIpc) is 2.94. The van der Waals surface area contributed by atoms with E-state index in [2.05, 4.69) is 31.5 Å². The molecule has 2 bridgehead atoms. The fourth-order valence-corrected chi connectivity index (χ4v) is 3.44. The lowest BCUT2D eigenvalue weighted by Gasteiger charge is -2.19. The van der Waals surface area contributed by atoms with E-state index in [1.807, 2.05) is 13.0 Å². The lowest BCUT2D eigenvalue weighted by atomic mass is 9.88. The molecule has 2 N–H and O–H groups in total. The molecule has 5 heteroatoms. The number of halogens is 1. The highest BCUT2D eigenvalue weighted by Gasteiger charge is 2.42. The van der Waals surface area contributed by atoms with E-state index < -0.39 is 0 Å². The summed E-state index contributed by atoms with van der Waals surface area (Å²) in [6, 6.07) is 2.87. The van der Waals surface area contributed by atoms with E-state index in [-0.39, 0.29) is 11.8 Å². The quantitative estimate of drug-likeness (QED) is 0.881. The average molecular weight is 310 g/mol. The third-order valence-corrected chi connectivity index (χ3v) is 4.36. The van der Waals surface area contributed by atoms with Gasteiger partial charge in [0.05, 0.1) is 5.92 Å². The number of nitrogens with one attached hydrogen (secondary N) is 2. The summed E-state index contributed by atoms with van der Waals surface area (Å²) >= 11 is 3.37. The zero-order chi connectivity index (χ0) is 12.7. The number of aryl methyl sites for hydroxylation is 1. The molecular weight excluding hydrogens is 294 g/mol. The summed E-state index contributed by atoms with van der Waals surface area (Å²) in [5.41, 5.74) is 0.980. The number of hydrogen-bond donors (Lipinski definition) is 2. The van der Waals surface area contributed by atoms with Gasteiger partial charge in [-0.05, 0) is 53.7 Å². The first-order valence-electron chi connectivity index (χ1n) is 6.32. The normalized spacial score (nSPS) is 29.6. The van der Waals surface area contributed by atoms with Crippen molar-refractivity contribution >= 4 is 27.7 Å². The maximum Gasteiger partial charge on any atom is 0.230 e. The minimum Gasteiger partial charge on any atom is -0.310 e. The second kappa shape index (κ2) is 4.63. The van der Waals surface area contributed by atoms with Crippen molar-refractivity contribution in [1.29, 1.82) is 0 Å². The summed E-state index contributed by atoms with van der Waals surface area (Å²) in [6.45, 7) is 1.95. The van der Waals surface area contributed by atoms with E-state index in [9.17, 15) is 4.79 Å². The number of rotatable bonds is 2. The number of aromatic nitrogens is 1. The van der Waals surface area contributed by atoms with E-state index in [0.29, 0.717) is 17.9 Å². The van der Waals surface area contributed by atoms with Crippen LogP contribution in [0.15, 0.2) is 16.7 Å². The van der Waals surface area contributed by atoms with Crippen LogP contribution in [0.25, 0.3) is 0 Å². The third-order valence-electron chi connectivity index (χ3n) is 3.92. The second-order valence-electron chi connectivity index (χ2n) is 5.20. The number of fused-ring (bicyclic) bond motifs is 2. The van der Waals surface area contributed by atoms with E-state index in [1.165, 1.54) is 6.42 Å². The van der Waals surface area contributed by atoms with Gasteiger partial charge in [-0.2, -0.15) is 0 Å². The van der Waals surface area contributed by atoms with Crippen molar-refractivity contribution in [3.05, 3.63) is 22.3 Å². The molecule has 3 atom stereocenters. The van der Waals surface area contributed by atoms with Gasteiger partial charge in [0, 0.05) is 22.8 Å². The van der Waals surface area contributed by atoms with Crippen molar-refractivity contribution in [2.24, 2.45) is 5.92 Å². The lowest BCUT2D eigenvalue weighted by Crippen LogP contribution is -2.33. The molecule has 2 aliphatic rings. The number of nitrogens with zero attached hydrogens (tertiary/aromatic N) is 1. The Bertz CT molecular complexity index is 491. The first kappa shape index (κ1) is 12.1. The third kappa shape index (κ3) is 2.17. The van der Waals surface area contributed by atoms with E-state index in [1.54, 1.807) is 6.20 Å². The maximum atomic E-state index is 12.2. The van der Waals surface area contributed by atoms with Crippen LogP contribution in [0, 0.1) is 12.8 Å². The molecule has 1 aromatic heterocycles. The number of pyridine rings is 1. The van der Waals surface area contributed by atoms with Crippen LogP contribution in [0.2, 0.25) is 0 Å². The summed E-state index contributed by atoms with van der Waals surface area (Å²) in [5, 5.41) is 6.43. The molecule has 2 saturated heterocycles. The van der Waals surface area contributed by atoms with Crippen LogP contribution >= 0.6 is 15.9 Å². The predicted octanol–water partition coefficient (Wildman–Crippen LogP) is 2.23. The molecule has 4 nitrogen and oxygen atoms in total. The molecule has 18 heavy (non-hydrogen) atoms. The minimum atomic E-state index is 0.104. The Kier molecular flexibility index (Phi) is 3.11. The van der Waals surface area contributed by atoms with Gasteiger partial charge in [0.2, 0.25) is 5.91 Å². The summed E-state index contributed by atoms with van der Waals surface area (Å²) < 4.78 is 0.930. The summed E-state index contributed by atoms with van der Waals surface area (Å²) in [4.78, 5) is 16.5. The SMILES string of the molecule is Cc1cc(Br)cnc1NC(=O)C1CC2CCC1N2. The minimum absolute atomic E-state index is 0.104. The monoisotopic (exact) mass is 309 g/mol. The number of carbonyl (C=O) groups excluding carboxylic acids is 1. The van der Waals surface area contributed by atoms with E-state index >= 15 is 0 Å². The highest BCUT2D eigenvalue weighted by molar-refractivity contribution is 9.10. The molecule has 1 aromatic rings. The molecule has 0 aliphatic carbocycles. The molecule has 0 spiro atoms. The van der Waals surface area contributed by atoms with Crippen molar-refractivity contribution < 1.29 is 4.79 Å². The van der Waals surface area contributed by atoms with Gasteiger partial charge >= 0.3 is 0 Å². The van der Waals surface area contributed by atoms with Crippen molar-refractivity contribution in [1.82, 2.24) is 10.3 Å². The van der Waals surface area contributed by atoms with Crippen molar-refractivity contribution in [2.45, 2.75) is 38.3 Å². The number of anilines is 1. The van der Waals surface area contributed by atoms with Crippen LogP contribution < -0.4 is 10.6 Å². The van der Waals surface area contributed by atoms with E-state index in [4.69, 9.17) is 0 Å². The zero-order valence-electron chi connectivity index (χ0n) is 10.2. The highest BCUT2D eigenvalue weighted by Crippen LogP contribution is 2.34. The van der Waals surface area contributed by atoms with Crippen LogP contribution in [-0.4, -0.2) is 23.0 Å². The molecule has 0 radical (unpaired) electrons. The van der Waals surface area contributed by atoms with Crippen LogP contribution in [0.1, 0.15) is 24.8 Å². The largest absolute Gasteiger partial charge is 0.310 e. The van der Waals surface area contributed by atoms with Gasteiger partial charge in [-0.1, -0.05) is 0 Å². The van der Waals surface area contributed by atoms with Gasteiger partial charge < -0.3 is 10.6 Å². The Morgan fingerprint density at radius 2 is 2.39 bits per heavy atom. The maximum absolute atomic E-state index is 12.2. The molecule has 3 heterocycles. The fraction of sp³-hybridized carbons (Fsp3) is 0.538. The highest BCUT2D eigenvalue weighted by atomic mass is 79.9. The molecule has 1 amide bonds. The Balaban J connectivity index is 1.71. The van der Waals surface area contributed by atoms with Gasteiger partial charge in [-0.3, -0.25) is 4.79 Å².